The molecule has 5 nitrogen and oxygen atoms in total. The topological polar surface area (TPSA) is 68.1 Å². The van der Waals surface area contributed by atoms with E-state index >= 15 is 0 Å². The molecule has 0 saturated heterocycles. The Kier molecular flexibility index (Phi) is 3.64. The van der Waals surface area contributed by atoms with E-state index in [2.05, 4.69) is 31.1 Å². The molecule has 0 fully saturated rings. The summed E-state index contributed by atoms with van der Waals surface area (Å²) in [5.41, 5.74) is 1.57. The van der Waals surface area contributed by atoms with Gasteiger partial charge in [-0.1, -0.05) is 13.8 Å². The van der Waals surface area contributed by atoms with Gasteiger partial charge in [0.2, 0.25) is 0 Å². The van der Waals surface area contributed by atoms with Gasteiger partial charge in [-0.3, -0.25) is 15.1 Å². The number of rotatable bonds is 4. The van der Waals surface area contributed by atoms with E-state index in [4.69, 9.17) is 0 Å². The van der Waals surface area contributed by atoms with Gasteiger partial charge < -0.3 is 5.32 Å². The van der Waals surface area contributed by atoms with Crippen molar-refractivity contribution in [3.05, 3.63) is 40.6 Å². The third kappa shape index (κ3) is 2.65. The van der Waals surface area contributed by atoms with Gasteiger partial charge in [-0.05, 0) is 31.0 Å². The number of benzene rings is 1. The van der Waals surface area contributed by atoms with E-state index in [0.29, 0.717) is 16.8 Å². The monoisotopic (exact) mass is 259 g/mol. The third-order valence-electron chi connectivity index (χ3n) is 3.33. The zero-order valence-electron chi connectivity index (χ0n) is 11.3. The van der Waals surface area contributed by atoms with Crippen molar-refractivity contribution >= 4 is 22.3 Å². The van der Waals surface area contributed by atoms with Gasteiger partial charge >= 0.3 is 0 Å². The van der Waals surface area contributed by atoms with Crippen molar-refractivity contribution in [3.8, 4) is 0 Å². The van der Waals surface area contributed by atoms with E-state index in [0.717, 1.165) is 5.69 Å². The maximum atomic E-state index is 11.0. The summed E-state index contributed by atoms with van der Waals surface area (Å²) in [4.78, 5) is 14.9. The minimum Gasteiger partial charge on any atom is -0.381 e. The smallest absolute Gasteiger partial charge is 0.278 e. The molecule has 2 aromatic rings. The second-order valence-electron chi connectivity index (χ2n) is 4.97. The molecule has 1 N–H and O–H groups in total. The lowest BCUT2D eigenvalue weighted by molar-refractivity contribution is -0.383. The fourth-order valence-electron chi connectivity index (χ4n) is 1.85. The molecule has 0 radical (unpaired) electrons. The largest absolute Gasteiger partial charge is 0.381 e. The second kappa shape index (κ2) is 5.22. The number of non-ortho nitro benzene ring substituents is 1. The van der Waals surface area contributed by atoms with Crippen LogP contribution < -0.4 is 5.32 Å². The standard InChI is InChI=1S/C14H17N3O2/c1-9(2)10(3)16-12-6-7-13(17(18)19)11-5-4-8-15-14(11)12/h4-10,16H,1-3H3. The van der Waals surface area contributed by atoms with Crippen LogP contribution in [0.2, 0.25) is 0 Å². The van der Waals surface area contributed by atoms with Crippen molar-refractivity contribution in [2.24, 2.45) is 5.92 Å². The Balaban J connectivity index is 2.53. The van der Waals surface area contributed by atoms with E-state index in [9.17, 15) is 10.1 Å². The van der Waals surface area contributed by atoms with Crippen LogP contribution in [0.15, 0.2) is 30.5 Å². The Morgan fingerprint density at radius 1 is 1.26 bits per heavy atom. The Morgan fingerprint density at radius 2 is 2.00 bits per heavy atom. The van der Waals surface area contributed by atoms with Gasteiger partial charge in [0, 0.05) is 18.3 Å². The number of hydrogen-bond donors (Lipinski definition) is 1. The first-order valence-corrected chi connectivity index (χ1v) is 6.29. The second-order valence-corrected chi connectivity index (χ2v) is 4.97. The van der Waals surface area contributed by atoms with E-state index in [1.807, 2.05) is 0 Å². The number of fused-ring (bicyclic) bond motifs is 1. The third-order valence-corrected chi connectivity index (χ3v) is 3.33. The molecule has 2 rings (SSSR count). The van der Waals surface area contributed by atoms with E-state index in [1.165, 1.54) is 6.07 Å². The molecule has 1 atom stereocenters. The minimum atomic E-state index is -0.375. The Morgan fingerprint density at radius 3 is 2.63 bits per heavy atom. The van der Waals surface area contributed by atoms with Crippen molar-refractivity contribution in [2.75, 3.05) is 5.32 Å². The summed E-state index contributed by atoms with van der Waals surface area (Å²) in [5, 5.41) is 14.9. The number of anilines is 1. The summed E-state index contributed by atoms with van der Waals surface area (Å²) < 4.78 is 0. The van der Waals surface area contributed by atoms with Crippen LogP contribution in [0.4, 0.5) is 11.4 Å². The number of nitrogens with zero attached hydrogens (tertiary/aromatic N) is 2. The number of nitrogens with one attached hydrogen (secondary N) is 1. The van der Waals surface area contributed by atoms with Gasteiger partial charge in [0.05, 0.1) is 16.0 Å². The molecular weight excluding hydrogens is 242 g/mol. The zero-order chi connectivity index (χ0) is 14.0. The number of hydrogen-bond acceptors (Lipinski definition) is 4. The summed E-state index contributed by atoms with van der Waals surface area (Å²) in [7, 11) is 0. The number of pyridine rings is 1. The number of nitro groups is 1. The van der Waals surface area contributed by atoms with Crippen molar-refractivity contribution < 1.29 is 4.92 Å². The highest BCUT2D eigenvalue weighted by molar-refractivity contribution is 5.96. The van der Waals surface area contributed by atoms with Crippen molar-refractivity contribution in [3.63, 3.8) is 0 Å². The van der Waals surface area contributed by atoms with Crippen LogP contribution in [-0.2, 0) is 0 Å². The van der Waals surface area contributed by atoms with Gasteiger partial charge in [0.1, 0.15) is 5.52 Å². The Labute approximate surface area is 111 Å². The molecule has 100 valence electrons. The molecule has 0 aliphatic heterocycles. The quantitative estimate of drug-likeness (QED) is 0.672. The molecule has 1 unspecified atom stereocenters. The first-order chi connectivity index (χ1) is 9.00. The van der Waals surface area contributed by atoms with Crippen LogP contribution in [0.1, 0.15) is 20.8 Å². The summed E-state index contributed by atoms with van der Waals surface area (Å²) >= 11 is 0. The molecule has 0 aliphatic carbocycles. The maximum Gasteiger partial charge on any atom is 0.278 e. The molecule has 0 spiro atoms. The molecule has 0 amide bonds. The normalized spacial score (nSPS) is 12.6. The van der Waals surface area contributed by atoms with Crippen LogP contribution in [0.5, 0.6) is 0 Å². The highest BCUT2D eigenvalue weighted by Crippen LogP contribution is 2.30. The van der Waals surface area contributed by atoms with Gasteiger partial charge in [0.25, 0.3) is 5.69 Å². The minimum absolute atomic E-state index is 0.0888. The summed E-state index contributed by atoms with van der Waals surface area (Å²) in [6.45, 7) is 6.33. The van der Waals surface area contributed by atoms with Crippen molar-refractivity contribution in [1.29, 1.82) is 0 Å². The average Bonchev–Trinajstić information content (AvgIpc) is 2.38. The van der Waals surface area contributed by atoms with Crippen LogP contribution in [0.25, 0.3) is 10.9 Å². The molecular formula is C14H17N3O2. The van der Waals surface area contributed by atoms with E-state index in [1.54, 1.807) is 24.4 Å². The molecule has 1 aromatic carbocycles. The molecule has 1 aromatic heterocycles. The summed E-state index contributed by atoms with van der Waals surface area (Å²) in [6.07, 6.45) is 1.65. The average molecular weight is 259 g/mol. The number of aromatic nitrogens is 1. The van der Waals surface area contributed by atoms with Crippen LogP contribution in [-0.4, -0.2) is 15.9 Å². The maximum absolute atomic E-state index is 11.0. The Bertz CT molecular complexity index is 611. The first-order valence-electron chi connectivity index (χ1n) is 6.29. The molecule has 5 heteroatoms. The molecule has 1 heterocycles. The SMILES string of the molecule is CC(C)C(C)Nc1ccc([N+](=O)[O-])c2cccnc12. The van der Waals surface area contributed by atoms with Gasteiger partial charge in [-0.25, -0.2) is 0 Å². The van der Waals surface area contributed by atoms with Gasteiger partial charge in [-0.15, -0.1) is 0 Å². The predicted octanol–water partition coefficient (Wildman–Crippen LogP) is 3.60. The zero-order valence-corrected chi connectivity index (χ0v) is 11.3. The fraction of sp³-hybridized carbons (Fsp3) is 0.357. The highest BCUT2D eigenvalue weighted by atomic mass is 16.6. The molecule has 0 saturated carbocycles. The summed E-state index contributed by atoms with van der Waals surface area (Å²) in [6, 6.07) is 6.97. The van der Waals surface area contributed by atoms with Crippen molar-refractivity contribution in [1.82, 2.24) is 4.98 Å². The molecule has 0 aliphatic rings. The highest BCUT2D eigenvalue weighted by Gasteiger charge is 2.16. The van der Waals surface area contributed by atoms with E-state index < -0.39 is 0 Å². The number of nitro benzene ring substituents is 1. The van der Waals surface area contributed by atoms with Crippen LogP contribution in [0.3, 0.4) is 0 Å². The lowest BCUT2D eigenvalue weighted by atomic mass is 10.1. The van der Waals surface area contributed by atoms with Crippen LogP contribution >= 0.6 is 0 Å². The van der Waals surface area contributed by atoms with Gasteiger partial charge in [-0.2, -0.15) is 0 Å². The fourth-order valence-corrected chi connectivity index (χ4v) is 1.85. The molecule has 0 bridgehead atoms. The predicted molar refractivity (Wildman–Crippen MR) is 76.3 cm³/mol. The van der Waals surface area contributed by atoms with E-state index in [-0.39, 0.29) is 16.7 Å². The van der Waals surface area contributed by atoms with Crippen LogP contribution in [0, 0.1) is 16.0 Å². The lowest BCUT2D eigenvalue weighted by Crippen LogP contribution is -2.21. The Hall–Kier alpha value is -2.17. The molecule has 19 heavy (non-hydrogen) atoms. The van der Waals surface area contributed by atoms with Crippen molar-refractivity contribution in [2.45, 2.75) is 26.8 Å². The summed E-state index contributed by atoms with van der Waals surface area (Å²) in [5.74, 6) is 0.467. The van der Waals surface area contributed by atoms with Gasteiger partial charge in [0.15, 0.2) is 0 Å². The lowest BCUT2D eigenvalue weighted by Gasteiger charge is -2.19. The first kappa shape index (κ1) is 13.3.